The van der Waals surface area contributed by atoms with Gasteiger partial charge in [-0.1, -0.05) is 32.5 Å². The Morgan fingerprint density at radius 3 is 2.71 bits per heavy atom. The summed E-state index contributed by atoms with van der Waals surface area (Å²) in [6, 6.07) is 0. The second-order valence-corrected chi connectivity index (χ2v) is 10.2. The van der Waals surface area contributed by atoms with Gasteiger partial charge in [0.25, 0.3) is 0 Å². The van der Waals surface area contributed by atoms with Crippen LogP contribution in [-0.2, 0) is 22.4 Å². The molecule has 2 aliphatic rings. The average molecular weight is 419 g/mol. The minimum atomic E-state index is -0.226. The number of hydrogen-bond donors (Lipinski definition) is 2. The average Bonchev–Trinajstić information content (AvgIpc) is 3.44. The summed E-state index contributed by atoms with van der Waals surface area (Å²) < 4.78 is 0. The van der Waals surface area contributed by atoms with E-state index in [1.54, 1.807) is 25.2 Å². The van der Waals surface area contributed by atoms with Gasteiger partial charge >= 0.3 is 0 Å². The van der Waals surface area contributed by atoms with Gasteiger partial charge in [0, 0.05) is 22.1 Å². The molecule has 150 valence electrons. The largest absolute Gasteiger partial charge is 0.273 e. The van der Waals surface area contributed by atoms with Crippen LogP contribution in [0.25, 0.3) is 10.2 Å². The number of thiophene rings is 1. The number of aromatic nitrogens is 2. The van der Waals surface area contributed by atoms with Crippen LogP contribution in [0.5, 0.6) is 0 Å². The molecule has 1 saturated carbocycles. The fraction of sp³-hybridized carbons (Fsp3) is 0.600. The molecule has 1 fully saturated rings. The lowest BCUT2D eigenvalue weighted by molar-refractivity contribution is -0.129. The molecule has 2 aromatic heterocycles. The SMILES string of the molecule is CC(C)C(=O)NNC(=O)CSc1nc(C2CC2)nc2sc3c(c12)CC[C@H](C)C3. The first-order chi connectivity index (χ1) is 13.4. The van der Waals surface area contributed by atoms with Crippen LogP contribution in [0.1, 0.15) is 62.2 Å². The van der Waals surface area contributed by atoms with Crippen molar-refractivity contribution in [3.63, 3.8) is 0 Å². The number of hydrogen-bond acceptors (Lipinski definition) is 6. The van der Waals surface area contributed by atoms with E-state index in [0.29, 0.717) is 11.8 Å². The van der Waals surface area contributed by atoms with Gasteiger partial charge in [-0.15, -0.1) is 11.3 Å². The van der Waals surface area contributed by atoms with Crippen molar-refractivity contribution in [2.45, 2.75) is 63.8 Å². The summed E-state index contributed by atoms with van der Waals surface area (Å²) in [6.07, 6.45) is 5.67. The Hall–Kier alpha value is -1.67. The van der Waals surface area contributed by atoms with E-state index < -0.39 is 0 Å². The minimum absolute atomic E-state index is 0.171. The van der Waals surface area contributed by atoms with E-state index in [2.05, 4.69) is 17.8 Å². The zero-order valence-electron chi connectivity index (χ0n) is 16.5. The highest BCUT2D eigenvalue weighted by Crippen LogP contribution is 2.44. The molecule has 6 nitrogen and oxygen atoms in total. The number of amides is 2. The monoisotopic (exact) mass is 418 g/mol. The first kappa shape index (κ1) is 19.6. The number of nitrogens with zero attached hydrogens (tertiary/aromatic N) is 2. The Morgan fingerprint density at radius 2 is 2.00 bits per heavy atom. The topological polar surface area (TPSA) is 84.0 Å². The summed E-state index contributed by atoms with van der Waals surface area (Å²) in [7, 11) is 0. The van der Waals surface area contributed by atoms with E-state index in [1.165, 1.54) is 28.6 Å². The predicted molar refractivity (Wildman–Crippen MR) is 112 cm³/mol. The third kappa shape index (κ3) is 4.17. The van der Waals surface area contributed by atoms with E-state index in [1.807, 2.05) is 0 Å². The molecule has 0 bridgehead atoms. The number of hydrazine groups is 1. The van der Waals surface area contributed by atoms with Crippen molar-refractivity contribution in [2.24, 2.45) is 11.8 Å². The predicted octanol–water partition coefficient (Wildman–Crippen LogP) is 3.59. The molecule has 0 unspecified atom stereocenters. The Labute approximate surface area is 173 Å². The van der Waals surface area contributed by atoms with Crippen molar-refractivity contribution in [3.8, 4) is 0 Å². The van der Waals surface area contributed by atoms with Crippen molar-refractivity contribution >= 4 is 45.1 Å². The first-order valence-electron chi connectivity index (χ1n) is 9.96. The second-order valence-electron chi connectivity index (χ2n) is 8.17. The summed E-state index contributed by atoms with van der Waals surface area (Å²) in [4.78, 5) is 36.0. The summed E-state index contributed by atoms with van der Waals surface area (Å²) in [5.74, 6) is 1.74. The van der Waals surface area contributed by atoms with Crippen molar-refractivity contribution in [3.05, 3.63) is 16.3 Å². The number of carbonyl (C=O) groups excluding carboxylic acids is 2. The number of rotatable bonds is 5. The Bertz CT molecular complexity index is 921. The van der Waals surface area contributed by atoms with Crippen molar-refractivity contribution in [1.82, 2.24) is 20.8 Å². The van der Waals surface area contributed by atoms with Gasteiger partial charge in [0.2, 0.25) is 11.8 Å². The molecule has 2 amide bonds. The van der Waals surface area contributed by atoms with E-state index in [4.69, 9.17) is 9.97 Å². The molecule has 0 radical (unpaired) electrons. The fourth-order valence-electron chi connectivity index (χ4n) is 3.40. The van der Waals surface area contributed by atoms with Crippen molar-refractivity contribution in [1.29, 1.82) is 0 Å². The molecule has 4 rings (SSSR count). The molecule has 0 spiro atoms. The fourth-order valence-corrected chi connectivity index (χ4v) is 5.72. The normalized spacial score (nSPS) is 18.9. The highest BCUT2D eigenvalue weighted by atomic mass is 32.2. The van der Waals surface area contributed by atoms with E-state index >= 15 is 0 Å². The van der Waals surface area contributed by atoms with E-state index in [-0.39, 0.29) is 23.5 Å². The Morgan fingerprint density at radius 1 is 1.21 bits per heavy atom. The van der Waals surface area contributed by atoms with Crippen LogP contribution in [0.15, 0.2) is 5.03 Å². The summed E-state index contributed by atoms with van der Waals surface area (Å²) >= 11 is 3.25. The van der Waals surface area contributed by atoms with Gasteiger partial charge in [-0.05, 0) is 43.6 Å². The number of aryl methyl sites for hydroxylation is 1. The van der Waals surface area contributed by atoms with Crippen molar-refractivity contribution in [2.75, 3.05) is 5.75 Å². The molecule has 0 aliphatic heterocycles. The van der Waals surface area contributed by atoms with E-state index in [0.717, 1.165) is 46.8 Å². The first-order valence-corrected chi connectivity index (χ1v) is 11.8. The van der Waals surface area contributed by atoms with Crippen LogP contribution < -0.4 is 10.9 Å². The molecule has 8 heteroatoms. The molecule has 1 atom stereocenters. The van der Waals surface area contributed by atoms with Crippen LogP contribution >= 0.6 is 23.1 Å². The third-order valence-electron chi connectivity index (χ3n) is 5.27. The molecule has 0 aromatic carbocycles. The molecule has 28 heavy (non-hydrogen) atoms. The smallest absolute Gasteiger partial charge is 0.248 e. The lowest BCUT2D eigenvalue weighted by Crippen LogP contribution is -2.44. The van der Waals surface area contributed by atoms with Gasteiger partial charge in [0.1, 0.15) is 15.7 Å². The summed E-state index contributed by atoms with van der Waals surface area (Å²) in [5.41, 5.74) is 6.34. The maximum atomic E-state index is 12.2. The van der Waals surface area contributed by atoms with Crippen LogP contribution in [0.2, 0.25) is 0 Å². The molecule has 2 aliphatic carbocycles. The van der Waals surface area contributed by atoms with Crippen LogP contribution in [-0.4, -0.2) is 27.5 Å². The zero-order chi connectivity index (χ0) is 19.8. The van der Waals surface area contributed by atoms with Crippen LogP contribution in [0, 0.1) is 11.8 Å². The lowest BCUT2D eigenvalue weighted by atomic mass is 9.89. The van der Waals surface area contributed by atoms with Gasteiger partial charge in [-0.25, -0.2) is 9.97 Å². The summed E-state index contributed by atoms with van der Waals surface area (Å²) in [5, 5.41) is 2.07. The van der Waals surface area contributed by atoms with Gasteiger partial charge in [0.05, 0.1) is 5.75 Å². The maximum absolute atomic E-state index is 12.2. The number of carbonyl (C=O) groups is 2. The second kappa shape index (κ2) is 7.99. The van der Waals surface area contributed by atoms with Gasteiger partial charge in [-0.3, -0.25) is 20.4 Å². The molecule has 2 N–H and O–H groups in total. The molecular weight excluding hydrogens is 392 g/mol. The van der Waals surface area contributed by atoms with Crippen LogP contribution in [0.3, 0.4) is 0 Å². The van der Waals surface area contributed by atoms with Gasteiger partial charge in [-0.2, -0.15) is 0 Å². The molecule has 2 aromatic rings. The number of fused-ring (bicyclic) bond motifs is 3. The Kier molecular flexibility index (Phi) is 5.60. The quantitative estimate of drug-likeness (QED) is 0.440. The molecule has 2 heterocycles. The highest BCUT2D eigenvalue weighted by Gasteiger charge is 2.30. The zero-order valence-corrected chi connectivity index (χ0v) is 18.1. The van der Waals surface area contributed by atoms with Crippen molar-refractivity contribution < 1.29 is 9.59 Å². The van der Waals surface area contributed by atoms with Crippen LogP contribution in [0.4, 0.5) is 0 Å². The summed E-state index contributed by atoms with van der Waals surface area (Å²) in [6.45, 7) is 5.88. The lowest BCUT2D eigenvalue weighted by Gasteiger charge is -2.18. The van der Waals surface area contributed by atoms with E-state index in [9.17, 15) is 9.59 Å². The van der Waals surface area contributed by atoms with Gasteiger partial charge in [0.15, 0.2) is 0 Å². The standard InChI is InChI=1S/C20H26N4O2S2/c1-10(2)18(26)24-23-15(25)9-27-19-16-13-7-4-11(3)8-14(13)28-20(16)22-17(21-19)12-5-6-12/h10-12H,4-9H2,1-3H3,(H,23,25)(H,24,26)/t11-/m0/s1. The number of nitrogens with one attached hydrogen (secondary N) is 2. The number of thioether (sulfide) groups is 1. The highest BCUT2D eigenvalue weighted by molar-refractivity contribution is 8.00. The third-order valence-corrected chi connectivity index (χ3v) is 7.39. The van der Waals surface area contributed by atoms with Gasteiger partial charge < -0.3 is 0 Å². The maximum Gasteiger partial charge on any atom is 0.248 e. The molecular formula is C20H26N4O2S2. The Balaban J connectivity index is 1.55. The molecule has 0 saturated heterocycles. The minimum Gasteiger partial charge on any atom is -0.273 e.